The molecule has 0 unspecified atom stereocenters. The van der Waals surface area contributed by atoms with Gasteiger partial charge >= 0.3 is 6.03 Å². The number of amides is 2. The highest BCUT2D eigenvalue weighted by atomic mass is 16.2. The van der Waals surface area contributed by atoms with Crippen LogP contribution in [0.2, 0.25) is 0 Å². The number of para-hydroxylation sites is 2. The fraction of sp³-hybridized carbons (Fsp3) is 0. The quantitative estimate of drug-likeness (QED) is 0.435. The van der Waals surface area contributed by atoms with Gasteiger partial charge in [-0.2, -0.15) is 0 Å². The molecule has 5 heteroatoms. The van der Waals surface area contributed by atoms with Gasteiger partial charge in [0.25, 0.3) is 0 Å². The summed E-state index contributed by atoms with van der Waals surface area (Å²) in [6.07, 6.45) is 0.744. The molecule has 0 radical (unpaired) electrons. The topological polar surface area (TPSA) is 74.0 Å². The maximum atomic E-state index is 12.4. The molecule has 0 aliphatic rings. The Labute approximate surface area is 156 Å². The van der Waals surface area contributed by atoms with E-state index < -0.39 is 0 Å². The number of aromatic nitrogens is 1. The van der Waals surface area contributed by atoms with Gasteiger partial charge in [-0.1, -0.05) is 48.5 Å². The van der Waals surface area contributed by atoms with Crippen molar-refractivity contribution in [3.8, 4) is 11.3 Å². The molecule has 0 aliphatic heterocycles. The Hall–Kier alpha value is -3.86. The van der Waals surface area contributed by atoms with Crippen molar-refractivity contribution in [3.05, 3.63) is 84.4 Å². The van der Waals surface area contributed by atoms with Crippen LogP contribution >= 0.6 is 0 Å². The Bertz CT molecular complexity index is 1100. The number of rotatable bonds is 4. The summed E-state index contributed by atoms with van der Waals surface area (Å²) < 4.78 is 0. The van der Waals surface area contributed by atoms with Gasteiger partial charge in [-0.25, -0.2) is 4.79 Å². The van der Waals surface area contributed by atoms with Gasteiger partial charge in [-0.3, -0.25) is 4.79 Å². The van der Waals surface area contributed by atoms with Crippen LogP contribution in [0.5, 0.6) is 0 Å². The molecule has 3 N–H and O–H groups in total. The summed E-state index contributed by atoms with van der Waals surface area (Å²) in [4.78, 5) is 26.7. The number of carbonyl (C=O) groups is 2. The van der Waals surface area contributed by atoms with E-state index in [9.17, 15) is 9.59 Å². The molecule has 4 rings (SSSR count). The first-order valence-corrected chi connectivity index (χ1v) is 8.53. The van der Waals surface area contributed by atoms with Gasteiger partial charge in [-0.15, -0.1) is 0 Å². The van der Waals surface area contributed by atoms with Gasteiger partial charge in [0.05, 0.1) is 5.69 Å². The minimum absolute atomic E-state index is 0.374. The molecule has 0 bridgehead atoms. The second kappa shape index (κ2) is 7.17. The van der Waals surface area contributed by atoms with E-state index in [1.165, 1.54) is 0 Å². The number of hydrogen-bond donors (Lipinski definition) is 3. The van der Waals surface area contributed by atoms with Crippen molar-refractivity contribution < 1.29 is 9.59 Å². The molecule has 3 aromatic carbocycles. The molecular formula is C22H17N3O2. The maximum Gasteiger partial charge on any atom is 0.323 e. The summed E-state index contributed by atoms with van der Waals surface area (Å²) in [6, 6.07) is 24.1. The zero-order valence-corrected chi connectivity index (χ0v) is 14.4. The molecule has 2 amide bonds. The van der Waals surface area contributed by atoms with Gasteiger partial charge in [0.2, 0.25) is 0 Å². The average Bonchev–Trinajstić information content (AvgIpc) is 3.12. The molecule has 0 saturated carbocycles. The van der Waals surface area contributed by atoms with Crippen LogP contribution in [0, 0.1) is 0 Å². The van der Waals surface area contributed by atoms with Gasteiger partial charge in [0, 0.05) is 33.4 Å². The molecule has 5 nitrogen and oxygen atoms in total. The lowest BCUT2D eigenvalue weighted by molar-refractivity contribution is 0.112. The van der Waals surface area contributed by atoms with Crippen LogP contribution in [0.3, 0.4) is 0 Å². The SMILES string of the molecule is O=Cc1cccc(NC(=O)Nc2ccccc2-c2cc3ccccc3[nH]2)c1. The van der Waals surface area contributed by atoms with Crippen LogP contribution in [0.4, 0.5) is 16.2 Å². The zero-order chi connectivity index (χ0) is 18.6. The number of aromatic amines is 1. The normalized spacial score (nSPS) is 10.5. The molecule has 132 valence electrons. The number of H-pyrrole nitrogens is 1. The molecular weight excluding hydrogens is 338 g/mol. The van der Waals surface area contributed by atoms with Crippen LogP contribution < -0.4 is 10.6 Å². The monoisotopic (exact) mass is 355 g/mol. The number of anilines is 2. The number of carbonyl (C=O) groups excluding carboxylic acids is 2. The van der Waals surface area contributed by atoms with Crippen LogP contribution in [-0.4, -0.2) is 17.3 Å². The largest absolute Gasteiger partial charge is 0.354 e. The average molecular weight is 355 g/mol. The summed E-state index contributed by atoms with van der Waals surface area (Å²) in [6.45, 7) is 0. The Morgan fingerprint density at radius 1 is 0.852 bits per heavy atom. The van der Waals surface area contributed by atoms with Crippen molar-refractivity contribution in [1.82, 2.24) is 4.98 Å². The number of aldehydes is 1. The van der Waals surface area contributed by atoms with E-state index in [1.54, 1.807) is 24.3 Å². The summed E-state index contributed by atoms with van der Waals surface area (Å²) in [5.74, 6) is 0. The molecule has 0 atom stereocenters. The lowest BCUT2D eigenvalue weighted by Gasteiger charge is -2.11. The van der Waals surface area contributed by atoms with Crippen LogP contribution in [0.15, 0.2) is 78.9 Å². The lowest BCUT2D eigenvalue weighted by Crippen LogP contribution is -2.19. The van der Waals surface area contributed by atoms with Gasteiger partial charge in [0.15, 0.2) is 0 Å². The van der Waals surface area contributed by atoms with Crippen molar-refractivity contribution in [2.45, 2.75) is 0 Å². The predicted molar refractivity (Wildman–Crippen MR) is 108 cm³/mol. The van der Waals surface area contributed by atoms with E-state index in [-0.39, 0.29) is 6.03 Å². The zero-order valence-electron chi connectivity index (χ0n) is 14.4. The number of fused-ring (bicyclic) bond motifs is 1. The van der Waals surface area contributed by atoms with E-state index in [0.717, 1.165) is 28.4 Å². The van der Waals surface area contributed by atoms with E-state index in [0.29, 0.717) is 16.9 Å². The molecule has 1 heterocycles. The smallest absolute Gasteiger partial charge is 0.323 e. The first-order chi connectivity index (χ1) is 13.2. The number of hydrogen-bond acceptors (Lipinski definition) is 2. The molecule has 27 heavy (non-hydrogen) atoms. The standard InChI is InChI=1S/C22H17N3O2/c26-14-15-6-5-8-17(12-15)23-22(27)25-20-11-4-2-9-18(20)21-13-16-7-1-3-10-19(16)24-21/h1-14,24H,(H2,23,25,27). The van der Waals surface area contributed by atoms with E-state index >= 15 is 0 Å². The minimum atomic E-state index is -0.374. The first-order valence-electron chi connectivity index (χ1n) is 8.53. The van der Waals surface area contributed by atoms with Crippen molar-refractivity contribution in [2.75, 3.05) is 10.6 Å². The van der Waals surface area contributed by atoms with Crippen molar-refractivity contribution >= 4 is 34.6 Å². The number of urea groups is 1. The molecule has 4 aromatic rings. The Morgan fingerprint density at radius 2 is 1.67 bits per heavy atom. The first kappa shape index (κ1) is 16.6. The van der Waals surface area contributed by atoms with Crippen LogP contribution in [0.1, 0.15) is 10.4 Å². The highest BCUT2D eigenvalue weighted by Gasteiger charge is 2.10. The summed E-state index contributed by atoms with van der Waals surface area (Å²) in [7, 11) is 0. The van der Waals surface area contributed by atoms with E-state index in [1.807, 2.05) is 48.5 Å². The molecule has 1 aromatic heterocycles. The fourth-order valence-corrected chi connectivity index (χ4v) is 3.02. The second-order valence-corrected chi connectivity index (χ2v) is 6.14. The van der Waals surface area contributed by atoms with E-state index in [2.05, 4.69) is 21.7 Å². The van der Waals surface area contributed by atoms with E-state index in [4.69, 9.17) is 0 Å². The van der Waals surface area contributed by atoms with Crippen molar-refractivity contribution in [1.29, 1.82) is 0 Å². The summed E-state index contributed by atoms with van der Waals surface area (Å²) in [5.41, 5.74) is 4.61. The second-order valence-electron chi connectivity index (χ2n) is 6.14. The highest BCUT2D eigenvalue weighted by molar-refractivity contribution is 6.03. The van der Waals surface area contributed by atoms with Gasteiger partial charge in [-0.05, 0) is 30.3 Å². The Kier molecular flexibility index (Phi) is 4.41. The fourth-order valence-electron chi connectivity index (χ4n) is 3.02. The lowest BCUT2D eigenvalue weighted by atomic mass is 10.1. The predicted octanol–water partition coefficient (Wildman–Crippen LogP) is 5.29. The van der Waals surface area contributed by atoms with Crippen molar-refractivity contribution in [3.63, 3.8) is 0 Å². The summed E-state index contributed by atoms with van der Waals surface area (Å²) in [5, 5.41) is 6.74. The minimum Gasteiger partial charge on any atom is -0.354 e. The molecule has 0 aliphatic carbocycles. The Morgan fingerprint density at radius 3 is 2.52 bits per heavy atom. The maximum absolute atomic E-state index is 12.4. The third-order valence-corrected chi connectivity index (χ3v) is 4.28. The molecule has 0 spiro atoms. The molecule has 0 fully saturated rings. The molecule has 0 saturated heterocycles. The van der Waals surface area contributed by atoms with Gasteiger partial charge < -0.3 is 15.6 Å². The summed E-state index contributed by atoms with van der Waals surface area (Å²) >= 11 is 0. The van der Waals surface area contributed by atoms with Crippen LogP contribution in [0.25, 0.3) is 22.2 Å². The number of nitrogens with one attached hydrogen (secondary N) is 3. The third-order valence-electron chi connectivity index (χ3n) is 4.28. The third kappa shape index (κ3) is 3.57. The van der Waals surface area contributed by atoms with Crippen LogP contribution in [-0.2, 0) is 0 Å². The Balaban J connectivity index is 1.59. The van der Waals surface area contributed by atoms with Gasteiger partial charge in [0.1, 0.15) is 6.29 Å². The van der Waals surface area contributed by atoms with Crippen molar-refractivity contribution in [2.24, 2.45) is 0 Å². The highest BCUT2D eigenvalue weighted by Crippen LogP contribution is 2.30. The number of benzene rings is 3.